The summed E-state index contributed by atoms with van der Waals surface area (Å²) in [5, 5.41) is 5.96. The highest BCUT2D eigenvalue weighted by Crippen LogP contribution is 2.39. The standard InChI is InChI=1S/C29H32N4O.C28H31N5O.C26H27N5O2.C25H24N4O2/c1-20-7-4-9-22(17-20)27(34)19-21-8-5-10-23(18-21)28-30-26-12-6-11-25(26)29(31-28)33-15-13-24(14-16-33)32(2)3;1-19-7-4-10-22(17-19)29-28(34)21-9-5-8-20(18-21)26-30-25-12-6-11-24(25)27(31-26)33-15-13-23(14-16-33)32(2)3;1-16-14-31(15-17(2)33-16)26-21-7-4-8-22(21)29-25(30-26)19-6-3-5-18(11-19)12-23(32)20-9-10-24(27)28-13-20;1-17-5-2-8-20(15-17)26-25(30)19-7-3-6-18(16-19)23-27-22-10-4-9-21(22)24(28-23)29-11-13-31-14-12-29/h4-10,12,17-18,24H,11,13-16,19H2,1-3H3;4-10,12,17-18,23H,11,13-16H2,1-3H3,(H,29,34);3-6,8-11,13,16-17H,7,12,14-15H2,1-2H3,(H2,27,28);2-8,10,15-16H,9,11-14H2,1H3,(H,26,30). The lowest BCUT2D eigenvalue weighted by atomic mass is 10.00. The quantitative estimate of drug-likeness (QED) is 0.0598. The van der Waals surface area contributed by atoms with Gasteiger partial charge in [0.2, 0.25) is 0 Å². The first-order chi connectivity index (χ1) is 64.1. The SMILES string of the molecule is CC1CN(c2nc(-c3cccc(CC(=O)c4ccc(N)nc4)c3)nc3c2CC=C3)CC(C)O1.Cc1cccc(C(=O)Cc2cccc(-c3nc4c(c(N5CCC(N(C)C)CC5)n3)CC=C4)c2)c1.Cc1cccc(NC(=O)c2cccc(-c3nc4c(c(N5CCC(N(C)C)CC5)n3)CC=C4)c2)c1.Cc1cccc(NC(=O)c2cccc(-c3nc4c(c(N5CCOCC5)n3)CC=C4)c2)c1. The molecule has 4 aliphatic carbocycles. The van der Waals surface area contributed by atoms with Crippen LogP contribution < -0.4 is 36.0 Å². The van der Waals surface area contributed by atoms with Gasteiger partial charge in [0, 0.05) is 162 Å². The van der Waals surface area contributed by atoms with Crippen LogP contribution in [0.4, 0.5) is 40.5 Å². The van der Waals surface area contributed by atoms with E-state index >= 15 is 0 Å². The summed E-state index contributed by atoms with van der Waals surface area (Å²) in [7, 11) is 8.66. The number of hydrogen-bond acceptors (Lipinski definition) is 22. The second-order valence-corrected chi connectivity index (χ2v) is 35.7. The normalized spacial score (nSPS) is 16.5. The summed E-state index contributed by atoms with van der Waals surface area (Å²) in [6.45, 7) is 18.9. The number of nitrogens with zero attached hydrogens (tertiary/aromatic N) is 15. The van der Waals surface area contributed by atoms with Gasteiger partial charge in [-0.25, -0.2) is 44.9 Å². The first-order valence-electron chi connectivity index (χ1n) is 45.9. The molecule has 20 rings (SSSR count). The van der Waals surface area contributed by atoms with Gasteiger partial charge in [-0.1, -0.05) is 133 Å². The molecule has 0 saturated carbocycles. The fourth-order valence-corrected chi connectivity index (χ4v) is 18.4. The van der Waals surface area contributed by atoms with Gasteiger partial charge in [-0.15, -0.1) is 0 Å². The molecule has 24 heteroatoms. The molecule has 132 heavy (non-hydrogen) atoms. The fraction of sp³-hybridized carbons (Fsp3) is 0.306. The van der Waals surface area contributed by atoms with Crippen molar-refractivity contribution in [1.29, 1.82) is 0 Å². The molecule has 4 saturated heterocycles. The van der Waals surface area contributed by atoms with Crippen LogP contribution in [-0.4, -0.2) is 196 Å². The van der Waals surface area contributed by atoms with E-state index in [1.165, 1.54) is 28.5 Å². The minimum Gasteiger partial charge on any atom is -0.384 e. The molecule has 7 aromatic carbocycles. The first-order valence-corrected chi connectivity index (χ1v) is 45.9. The monoisotopic (exact) mass is 1760 g/mol. The average Bonchev–Trinajstić information content (AvgIpc) is 1.42. The maximum absolute atomic E-state index is 12.9. The molecule has 2 amide bonds. The number of anilines is 7. The number of fused-ring (bicyclic) bond motifs is 4. The molecule has 672 valence electrons. The lowest BCUT2D eigenvalue weighted by molar-refractivity contribution is -0.00551. The summed E-state index contributed by atoms with van der Waals surface area (Å²) in [5.74, 6) is 7.01. The van der Waals surface area contributed by atoms with E-state index in [2.05, 4.69) is 142 Å². The third-order valence-electron chi connectivity index (χ3n) is 25.3. The number of piperidine rings is 2. The van der Waals surface area contributed by atoms with Crippen LogP contribution in [0.3, 0.4) is 0 Å². The van der Waals surface area contributed by atoms with Gasteiger partial charge < -0.3 is 55.2 Å². The largest absolute Gasteiger partial charge is 0.384 e. The summed E-state index contributed by atoms with van der Waals surface area (Å²) in [6, 6.07) is 59.1. The van der Waals surface area contributed by atoms with E-state index < -0.39 is 0 Å². The third kappa shape index (κ3) is 21.7. The van der Waals surface area contributed by atoms with Crippen molar-refractivity contribution >= 4 is 88.1 Å². The lowest BCUT2D eigenvalue weighted by Crippen LogP contribution is -2.46. The molecule has 0 radical (unpaired) electrons. The molecule has 4 fully saturated rings. The number of nitrogens with two attached hydrogens (primary N) is 1. The van der Waals surface area contributed by atoms with Crippen molar-refractivity contribution in [3.05, 3.63) is 308 Å². The highest BCUT2D eigenvalue weighted by Gasteiger charge is 2.33. The Morgan fingerprint density at radius 1 is 0.394 bits per heavy atom. The van der Waals surface area contributed by atoms with Gasteiger partial charge in [0.15, 0.2) is 34.9 Å². The van der Waals surface area contributed by atoms with Crippen molar-refractivity contribution in [3.8, 4) is 45.6 Å². The zero-order valence-corrected chi connectivity index (χ0v) is 76.7. The Bertz CT molecular complexity index is 6390. The zero-order chi connectivity index (χ0) is 91.5. The highest BCUT2D eigenvalue weighted by atomic mass is 16.5. The van der Waals surface area contributed by atoms with E-state index in [1.807, 2.05) is 185 Å². The number of Topliss-reactive ketones (excluding diaryl/α,β-unsaturated/α-hetero) is 2. The molecule has 0 spiro atoms. The molecule has 4 aliphatic heterocycles. The molecular weight excluding hydrogens is 1650 g/mol. The number of hydrogen-bond donors (Lipinski definition) is 3. The number of aromatic nitrogens is 9. The molecule has 9 heterocycles. The molecule has 2 unspecified atom stereocenters. The number of ether oxygens (including phenoxy) is 2. The van der Waals surface area contributed by atoms with Gasteiger partial charge >= 0.3 is 0 Å². The van der Waals surface area contributed by atoms with Crippen molar-refractivity contribution in [1.82, 2.24) is 54.7 Å². The van der Waals surface area contributed by atoms with Gasteiger partial charge in [-0.05, 0) is 240 Å². The second-order valence-electron chi connectivity index (χ2n) is 35.7. The smallest absolute Gasteiger partial charge is 0.255 e. The number of amides is 2. The van der Waals surface area contributed by atoms with Crippen molar-refractivity contribution in [2.24, 2.45) is 0 Å². The second kappa shape index (κ2) is 41.0. The number of morpholine rings is 2. The van der Waals surface area contributed by atoms with Crippen LogP contribution in [0.5, 0.6) is 0 Å². The van der Waals surface area contributed by atoms with Crippen LogP contribution in [-0.2, 0) is 48.0 Å². The molecule has 5 aromatic heterocycles. The average molecular weight is 1760 g/mol. The topological polar surface area (TPSA) is 272 Å². The van der Waals surface area contributed by atoms with E-state index in [4.69, 9.17) is 55.1 Å². The minimum absolute atomic E-state index is 0.00515. The van der Waals surface area contributed by atoms with Crippen molar-refractivity contribution in [3.63, 3.8) is 0 Å². The molecule has 4 N–H and O–H groups in total. The molecule has 2 atom stereocenters. The maximum Gasteiger partial charge on any atom is 0.255 e. The van der Waals surface area contributed by atoms with E-state index in [1.54, 1.807) is 12.1 Å². The lowest BCUT2D eigenvalue weighted by Gasteiger charge is -2.37. The molecule has 12 aromatic rings. The minimum atomic E-state index is -0.151. The van der Waals surface area contributed by atoms with Crippen molar-refractivity contribution in [2.45, 2.75) is 123 Å². The predicted octanol–water partition coefficient (Wildman–Crippen LogP) is 17.6. The molecule has 0 bridgehead atoms. The Hall–Kier alpha value is -13.9. The van der Waals surface area contributed by atoms with Gasteiger partial charge in [-0.3, -0.25) is 19.2 Å². The Morgan fingerprint density at radius 3 is 1.14 bits per heavy atom. The van der Waals surface area contributed by atoms with Crippen LogP contribution in [0, 0.1) is 20.8 Å². The Morgan fingerprint density at radius 2 is 0.750 bits per heavy atom. The van der Waals surface area contributed by atoms with Gasteiger partial charge in [0.25, 0.3) is 11.8 Å². The van der Waals surface area contributed by atoms with Crippen LogP contribution in [0.15, 0.2) is 212 Å². The first kappa shape index (κ1) is 90.0. The summed E-state index contributed by atoms with van der Waals surface area (Å²) < 4.78 is 11.4. The van der Waals surface area contributed by atoms with Crippen LogP contribution in [0.2, 0.25) is 0 Å². The predicted molar refractivity (Wildman–Crippen MR) is 528 cm³/mol. The summed E-state index contributed by atoms with van der Waals surface area (Å²) in [6.07, 6.45) is 27.4. The third-order valence-corrected chi connectivity index (χ3v) is 25.3. The summed E-state index contributed by atoms with van der Waals surface area (Å²) >= 11 is 0. The van der Waals surface area contributed by atoms with Gasteiger partial charge in [0.05, 0.1) is 48.2 Å². The van der Waals surface area contributed by atoms with Crippen molar-refractivity contribution in [2.75, 3.05) is 130 Å². The number of benzene rings is 7. The van der Waals surface area contributed by atoms with Gasteiger partial charge in [-0.2, -0.15) is 0 Å². The number of nitrogen functional groups attached to an aromatic ring is 1. The Labute approximate surface area is 773 Å². The fourth-order valence-electron chi connectivity index (χ4n) is 18.4. The van der Waals surface area contributed by atoms with Crippen LogP contribution in [0.25, 0.3) is 69.9 Å². The number of allylic oxidation sites excluding steroid dienone is 4. The summed E-state index contributed by atoms with van der Waals surface area (Å²) in [4.78, 5) is 109. The van der Waals surface area contributed by atoms with E-state index in [0.29, 0.717) is 71.7 Å². The Kier molecular flexibility index (Phi) is 28.0. The number of rotatable bonds is 20. The van der Waals surface area contributed by atoms with E-state index in [9.17, 15) is 19.2 Å². The number of pyridine rings is 1. The number of ketones is 2. The Balaban J connectivity index is 0.000000123. The number of nitrogens with one attached hydrogen (secondary N) is 2. The number of carbonyl (C=O) groups excluding carboxylic acids is 4. The van der Waals surface area contributed by atoms with Crippen molar-refractivity contribution < 1.29 is 28.7 Å². The maximum atomic E-state index is 12.9. The van der Waals surface area contributed by atoms with E-state index in [-0.39, 0.29) is 42.0 Å². The number of aryl methyl sites for hydroxylation is 3. The van der Waals surface area contributed by atoms with Gasteiger partial charge in [0.1, 0.15) is 29.1 Å². The van der Waals surface area contributed by atoms with Crippen LogP contribution >= 0.6 is 0 Å². The molecule has 8 aliphatic rings. The number of carbonyl (C=O) groups is 4. The summed E-state index contributed by atoms with van der Waals surface area (Å²) in [5.41, 5.74) is 27.1. The molecular formula is C108H114N18O6. The highest BCUT2D eigenvalue weighted by molar-refractivity contribution is 6.06. The van der Waals surface area contributed by atoms with E-state index in [0.717, 1.165) is 223 Å². The zero-order valence-electron chi connectivity index (χ0n) is 76.7. The molecule has 24 nitrogen and oxygen atoms in total. The van der Waals surface area contributed by atoms with Crippen LogP contribution in [0.1, 0.15) is 154 Å².